The number of nitrogens with one attached hydrogen (secondary N) is 1. The topological polar surface area (TPSA) is 69.7 Å². The second-order valence-electron chi connectivity index (χ2n) is 7.71. The second-order valence-corrected chi connectivity index (χ2v) is 9.65. The van der Waals surface area contributed by atoms with Crippen molar-refractivity contribution < 1.29 is 13.2 Å². The van der Waals surface area contributed by atoms with Gasteiger partial charge in [0.25, 0.3) is 0 Å². The molecule has 0 unspecified atom stereocenters. The molecule has 2 aromatic carbocycles. The number of aryl methyl sites for hydroxylation is 1. The van der Waals surface area contributed by atoms with Crippen molar-refractivity contribution in [1.82, 2.24) is 14.5 Å². The molecule has 1 amide bonds. The third kappa shape index (κ3) is 5.47. The molecule has 1 N–H and O–H groups in total. The molecule has 0 aliphatic carbocycles. The van der Waals surface area contributed by atoms with Crippen molar-refractivity contribution in [2.45, 2.75) is 44.2 Å². The van der Waals surface area contributed by atoms with Crippen LogP contribution in [0.15, 0.2) is 59.5 Å². The Morgan fingerprint density at radius 2 is 1.60 bits per heavy atom. The minimum Gasteiger partial charge on any atom is -0.351 e. The fourth-order valence-corrected chi connectivity index (χ4v) is 5.12. The molecular formula is C23H31N3O3S. The quantitative estimate of drug-likeness (QED) is 0.700. The molecule has 3 rings (SSSR count). The summed E-state index contributed by atoms with van der Waals surface area (Å²) < 4.78 is 27.4. The Morgan fingerprint density at radius 3 is 2.20 bits per heavy atom. The minimum absolute atomic E-state index is 0.0401. The van der Waals surface area contributed by atoms with Crippen molar-refractivity contribution in [3.8, 4) is 0 Å². The summed E-state index contributed by atoms with van der Waals surface area (Å²) in [5.74, 6) is -0.0401. The van der Waals surface area contributed by atoms with Crippen molar-refractivity contribution in [1.29, 1.82) is 0 Å². The van der Waals surface area contributed by atoms with E-state index in [1.165, 1.54) is 4.31 Å². The van der Waals surface area contributed by atoms with Gasteiger partial charge in [-0.1, -0.05) is 55.8 Å². The number of nitrogens with zero attached hydrogens (tertiary/aromatic N) is 2. The lowest BCUT2D eigenvalue weighted by Crippen LogP contribution is -2.54. The van der Waals surface area contributed by atoms with E-state index in [4.69, 9.17) is 0 Å². The second kappa shape index (κ2) is 10.2. The third-order valence-corrected chi connectivity index (χ3v) is 7.52. The summed E-state index contributed by atoms with van der Waals surface area (Å²) in [5, 5.41) is 2.97. The minimum atomic E-state index is -3.50. The largest absolute Gasteiger partial charge is 0.351 e. The number of hydrogen-bond acceptors (Lipinski definition) is 4. The Hall–Kier alpha value is -2.22. The van der Waals surface area contributed by atoms with E-state index in [9.17, 15) is 13.2 Å². The lowest BCUT2D eigenvalue weighted by Gasteiger charge is -2.36. The van der Waals surface area contributed by atoms with Crippen LogP contribution < -0.4 is 5.32 Å². The maximum atomic E-state index is 13.0. The van der Waals surface area contributed by atoms with E-state index in [2.05, 4.69) is 12.2 Å². The summed E-state index contributed by atoms with van der Waals surface area (Å²) in [5.41, 5.74) is 2.20. The Bertz CT molecular complexity index is 922. The third-order valence-electron chi connectivity index (χ3n) is 5.61. The van der Waals surface area contributed by atoms with Gasteiger partial charge in [0.1, 0.15) is 0 Å². The molecule has 0 spiro atoms. The van der Waals surface area contributed by atoms with Crippen molar-refractivity contribution in [2.75, 3.05) is 26.2 Å². The number of rotatable bonds is 8. The zero-order valence-electron chi connectivity index (χ0n) is 17.8. The Labute approximate surface area is 179 Å². The van der Waals surface area contributed by atoms with Gasteiger partial charge in [0.05, 0.1) is 10.9 Å². The van der Waals surface area contributed by atoms with Crippen LogP contribution in [0.4, 0.5) is 0 Å². The van der Waals surface area contributed by atoms with E-state index in [-0.39, 0.29) is 11.9 Å². The first-order chi connectivity index (χ1) is 14.4. The first-order valence-corrected chi connectivity index (χ1v) is 12.0. The molecule has 1 saturated heterocycles. The number of piperazine rings is 1. The van der Waals surface area contributed by atoms with Gasteiger partial charge in [-0.25, -0.2) is 8.42 Å². The molecule has 162 valence electrons. The van der Waals surface area contributed by atoms with Gasteiger partial charge in [-0.2, -0.15) is 4.31 Å². The molecule has 1 atom stereocenters. The maximum Gasteiger partial charge on any atom is 0.243 e. The fourth-order valence-electron chi connectivity index (χ4n) is 3.70. The van der Waals surface area contributed by atoms with Crippen LogP contribution in [0.1, 0.15) is 31.4 Å². The Morgan fingerprint density at radius 1 is 0.967 bits per heavy atom. The molecule has 6 nitrogen and oxygen atoms in total. The molecule has 7 heteroatoms. The zero-order chi connectivity index (χ0) is 21.6. The first kappa shape index (κ1) is 22.5. The Balaban J connectivity index is 1.53. The molecule has 0 radical (unpaired) electrons. The summed E-state index contributed by atoms with van der Waals surface area (Å²) in [7, 11) is -3.50. The molecule has 1 fully saturated rings. The van der Waals surface area contributed by atoms with Crippen LogP contribution in [0.3, 0.4) is 0 Å². The first-order valence-electron chi connectivity index (χ1n) is 10.6. The van der Waals surface area contributed by atoms with Gasteiger partial charge in [-0.05, 0) is 36.6 Å². The van der Waals surface area contributed by atoms with Crippen LogP contribution in [0.2, 0.25) is 0 Å². The summed E-state index contributed by atoms with van der Waals surface area (Å²) in [6.45, 7) is 6.31. The highest BCUT2D eigenvalue weighted by atomic mass is 32.2. The molecule has 1 aliphatic rings. The van der Waals surface area contributed by atoms with E-state index in [1.54, 1.807) is 12.1 Å². The van der Waals surface area contributed by atoms with Crippen LogP contribution in [0.5, 0.6) is 0 Å². The molecule has 0 saturated carbocycles. The normalized spacial score (nSPS) is 16.9. The average molecular weight is 430 g/mol. The molecule has 1 heterocycles. The van der Waals surface area contributed by atoms with E-state index in [1.807, 2.05) is 54.3 Å². The molecule has 30 heavy (non-hydrogen) atoms. The van der Waals surface area contributed by atoms with Crippen molar-refractivity contribution in [3.05, 3.63) is 65.7 Å². The summed E-state index contributed by atoms with van der Waals surface area (Å²) in [6.07, 6.45) is 1.98. The van der Waals surface area contributed by atoms with Gasteiger partial charge in [0.15, 0.2) is 0 Å². The standard InChI is InChI=1S/C23H31N3O3S/c1-3-7-20-10-12-22(13-11-20)30(28,29)26-16-14-25(15-17-26)19(2)23(27)24-18-21-8-5-4-6-9-21/h4-6,8-13,19H,3,7,14-18H2,1-2H3,(H,24,27)/t19-/m1/s1. The summed E-state index contributed by atoms with van der Waals surface area (Å²) in [6, 6.07) is 16.7. The number of amides is 1. The van der Waals surface area contributed by atoms with Gasteiger partial charge >= 0.3 is 0 Å². The predicted octanol–water partition coefficient (Wildman–Crippen LogP) is 2.65. The SMILES string of the molecule is CCCc1ccc(S(=O)(=O)N2CCN([C@H](C)C(=O)NCc3ccccc3)CC2)cc1. The van der Waals surface area contributed by atoms with Gasteiger partial charge < -0.3 is 5.32 Å². The number of carbonyl (C=O) groups excluding carboxylic acids is 1. The van der Waals surface area contributed by atoms with E-state index < -0.39 is 10.0 Å². The molecule has 1 aliphatic heterocycles. The number of sulfonamides is 1. The summed E-state index contributed by atoms with van der Waals surface area (Å²) in [4.78, 5) is 14.9. The highest BCUT2D eigenvalue weighted by Gasteiger charge is 2.31. The van der Waals surface area contributed by atoms with E-state index in [0.29, 0.717) is 37.6 Å². The number of benzene rings is 2. The van der Waals surface area contributed by atoms with Crippen LogP contribution in [-0.4, -0.2) is 55.8 Å². The van der Waals surface area contributed by atoms with Crippen LogP contribution in [-0.2, 0) is 27.8 Å². The van der Waals surface area contributed by atoms with Gasteiger partial charge in [0, 0.05) is 32.7 Å². The van der Waals surface area contributed by atoms with Gasteiger partial charge in [-0.15, -0.1) is 0 Å². The lowest BCUT2D eigenvalue weighted by molar-refractivity contribution is -0.126. The van der Waals surface area contributed by atoms with Gasteiger partial charge in [-0.3, -0.25) is 9.69 Å². The van der Waals surface area contributed by atoms with Crippen LogP contribution in [0, 0.1) is 0 Å². The average Bonchev–Trinajstić information content (AvgIpc) is 2.78. The number of hydrogen-bond donors (Lipinski definition) is 1. The Kier molecular flexibility index (Phi) is 7.64. The van der Waals surface area contributed by atoms with Crippen molar-refractivity contribution in [3.63, 3.8) is 0 Å². The number of carbonyl (C=O) groups is 1. The van der Waals surface area contributed by atoms with E-state index in [0.717, 1.165) is 24.0 Å². The summed E-state index contributed by atoms with van der Waals surface area (Å²) >= 11 is 0. The zero-order valence-corrected chi connectivity index (χ0v) is 18.6. The fraction of sp³-hybridized carbons (Fsp3) is 0.435. The predicted molar refractivity (Wildman–Crippen MR) is 119 cm³/mol. The lowest BCUT2D eigenvalue weighted by atomic mass is 10.1. The van der Waals surface area contributed by atoms with Crippen LogP contribution >= 0.6 is 0 Å². The molecule has 0 bridgehead atoms. The van der Waals surface area contributed by atoms with E-state index >= 15 is 0 Å². The van der Waals surface area contributed by atoms with Crippen molar-refractivity contribution in [2.24, 2.45) is 0 Å². The van der Waals surface area contributed by atoms with Gasteiger partial charge in [0.2, 0.25) is 15.9 Å². The highest BCUT2D eigenvalue weighted by molar-refractivity contribution is 7.89. The molecule has 2 aromatic rings. The highest BCUT2D eigenvalue weighted by Crippen LogP contribution is 2.19. The maximum absolute atomic E-state index is 13.0. The monoisotopic (exact) mass is 429 g/mol. The van der Waals surface area contributed by atoms with Crippen LogP contribution in [0.25, 0.3) is 0 Å². The van der Waals surface area contributed by atoms with Crippen molar-refractivity contribution >= 4 is 15.9 Å². The smallest absolute Gasteiger partial charge is 0.243 e. The molecule has 0 aromatic heterocycles. The molecular weight excluding hydrogens is 398 g/mol.